The molecule has 0 unspecified atom stereocenters. The van der Waals surface area contributed by atoms with E-state index in [1.54, 1.807) is 30.5 Å². The summed E-state index contributed by atoms with van der Waals surface area (Å²) in [6, 6.07) is 6.88. The molecular weight excluding hydrogens is 257 g/mol. The summed E-state index contributed by atoms with van der Waals surface area (Å²) in [5.74, 6) is 0.391. The van der Waals surface area contributed by atoms with Crippen molar-refractivity contribution in [3.05, 3.63) is 30.5 Å². The zero-order chi connectivity index (χ0) is 13.9. The maximum Gasteiger partial charge on any atom is 0.389 e. The van der Waals surface area contributed by atoms with Crippen LogP contribution in [-0.2, 0) is 0 Å². The van der Waals surface area contributed by atoms with Crippen molar-refractivity contribution in [2.75, 3.05) is 12.3 Å². The Bertz CT molecular complexity index is 569. The van der Waals surface area contributed by atoms with E-state index >= 15 is 0 Å². The van der Waals surface area contributed by atoms with Crippen LogP contribution < -0.4 is 10.5 Å². The Balaban J connectivity index is 2.03. The molecule has 2 aromatic rings. The molecule has 2 N–H and O–H groups in total. The first-order chi connectivity index (χ1) is 8.97. The van der Waals surface area contributed by atoms with Crippen LogP contribution in [0.3, 0.4) is 0 Å². The van der Waals surface area contributed by atoms with E-state index in [2.05, 4.69) is 4.98 Å². The van der Waals surface area contributed by atoms with Crippen LogP contribution in [0.25, 0.3) is 10.9 Å². The summed E-state index contributed by atoms with van der Waals surface area (Å²) in [6.07, 6.45) is -3.45. The predicted molar refractivity (Wildman–Crippen MR) is 66.9 cm³/mol. The van der Waals surface area contributed by atoms with E-state index in [9.17, 15) is 13.2 Å². The van der Waals surface area contributed by atoms with E-state index in [1.807, 2.05) is 0 Å². The average Bonchev–Trinajstić information content (AvgIpc) is 2.36. The number of rotatable bonds is 4. The third-order valence-electron chi connectivity index (χ3n) is 2.65. The monoisotopic (exact) mass is 270 g/mol. The van der Waals surface area contributed by atoms with Gasteiger partial charge in [0.15, 0.2) is 0 Å². The Kier molecular flexibility index (Phi) is 3.78. The minimum atomic E-state index is -4.15. The Morgan fingerprint density at radius 1 is 1.21 bits per heavy atom. The van der Waals surface area contributed by atoms with Crippen LogP contribution in [0.4, 0.5) is 18.9 Å². The number of ether oxygens (including phenoxy) is 1. The molecule has 0 amide bonds. The van der Waals surface area contributed by atoms with Gasteiger partial charge in [0.25, 0.3) is 0 Å². The van der Waals surface area contributed by atoms with Crippen molar-refractivity contribution in [2.45, 2.75) is 19.0 Å². The number of pyridine rings is 1. The largest absolute Gasteiger partial charge is 0.491 e. The summed E-state index contributed by atoms with van der Waals surface area (Å²) >= 11 is 0. The van der Waals surface area contributed by atoms with E-state index in [1.165, 1.54) is 0 Å². The lowest BCUT2D eigenvalue weighted by molar-refractivity contribution is -0.136. The van der Waals surface area contributed by atoms with Gasteiger partial charge >= 0.3 is 6.18 Å². The van der Waals surface area contributed by atoms with Crippen LogP contribution in [0.5, 0.6) is 5.75 Å². The number of alkyl halides is 3. The molecule has 0 radical (unpaired) electrons. The van der Waals surface area contributed by atoms with Crippen LogP contribution in [0, 0.1) is 0 Å². The summed E-state index contributed by atoms with van der Waals surface area (Å²) in [4.78, 5) is 4.13. The van der Waals surface area contributed by atoms with E-state index in [0.29, 0.717) is 11.4 Å². The second-order valence-corrected chi connectivity index (χ2v) is 4.11. The van der Waals surface area contributed by atoms with Crippen molar-refractivity contribution in [2.24, 2.45) is 0 Å². The number of benzene rings is 1. The van der Waals surface area contributed by atoms with E-state index in [-0.39, 0.29) is 13.0 Å². The highest BCUT2D eigenvalue weighted by atomic mass is 19.4. The molecule has 19 heavy (non-hydrogen) atoms. The Hall–Kier alpha value is -1.98. The number of fused-ring (bicyclic) bond motifs is 1. The van der Waals surface area contributed by atoms with Gasteiger partial charge in [-0.3, -0.25) is 4.98 Å². The third-order valence-corrected chi connectivity index (χ3v) is 2.65. The van der Waals surface area contributed by atoms with Crippen molar-refractivity contribution in [3.63, 3.8) is 0 Å². The van der Waals surface area contributed by atoms with Gasteiger partial charge < -0.3 is 10.5 Å². The molecule has 0 atom stereocenters. The van der Waals surface area contributed by atoms with E-state index in [4.69, 9.17) is 10.5 Å². The quantitative estimate of drug-likeness (QED) is 0.682. The predicted octanol–water partition coefficient (Wildman–Crippen LogP) is 3.54. The standard InChI is InChI=1S/C13H13F3N2O/c14-13(15,16)6-2-8-19-11-5-4-10-9(12(11)17)3-1-7-18-10/h1,3-5,7H,2,6,8,17H2. The second kappa shape index (κ2) is 5.34. The number of hydrogen-bond acceptors (Lipinski definition) is 3. The molecule has 102 valence electrons. The Morgan fingerprint density at radius 2 is 2.00 bits per heavy atom. The second-order valence-electron chi connectivity index (χ2n) is 4.11. The van der Waals surface area contributed by atoms with Crippen LogP contribution in [-0.4, -0.2) is 17.8 Å². The first-order valence-electron chi connectivity index (χ1n) is 5.80. The summed E-state index contributed by atoms with van der Waals surface area (Å²) in [5.41, 5.74) is 7.03. The van der Waals surface area contributed by atoms with Crippen LogP contribution >= 0.6 is 0 Å². The summed E-state index contributed by atoms with van der Waals surface area (Å²) < 4.78 is 41.2. The number of nitrogen functional groups attached to an aromatic ring is 1. The van der Waals surface area contributed by atoms with Crippen LogP contribution in [0.15, 0.2) is 30.5 Å². The number of hydrogen-bond donors (Lipinski definition) is 1. The summed E-state index contributed by atoms with van der Waals surface area (Å²) in [5, 5.41) is 0.732. The highest BCUT2D eigenvalue weighted by molar-refractivity contribution is 5.93. The minimum absolute atomic E-state index is 0.0184. The van der Waals surface area contributed by atoms with Gasteiger partial charge in [0.2, 0.25) is 0 Å². The number of halogens is 3. The normalized spacial score (nSPS) is 11.7. The van der Waals surface area contributed by atoms with Crippen molar-refractivity contribution in [3.8, 4) is 5.75 Å². The molecule has 1 aromatic carbocycles. The van der Waals surface area contributed by atoms with Gasteiger partial charge in [0.05, 0.1) is 17.8 Å². The van der Waals surface area contributed by atoms with Gasteiger partial charge in [-0.1, -0.05) is 0 Å². The van der Waals surface area contributed by atoms with Crippen LogP contribution in [0.2, 0.25) is 0 Å². The van der Waals surface area contributed by atoms with Gasteiger partial charge in [-0.25, -0.2) is 0 Å². The minimum Gasteiger partial charge on any atom is -0.491 e. The van der Waals surface area contributed by atoms with Crippen molar-refractivity contribution >= 4 is 16.6 Å². The molecule has 0 aliphatic carbocycles. The first kappa shape index (κ1) is 13.5. The molecule has 0 aliphatic rings. The summed E-state index contributed by atoms with van der Waals surface area (Å²) in [7, 11) is 0. The van der Waals surface area contributed by atoms with E-state index < -0.39 is 12.6 Å². The number of aromatic nitrogens is 1. The highest BCUT2D eigenvalue weighted by Crippen LogP contribution is 2.29. The van der Waals surface area contributed by atoms with Crippen LogP contribution in [0.1, 0.15) is 12.8 Å². The highest BCUT2D eigenvalue weighted by Gasteiger charge is 2.26. The molecule has 0 spiro atoms. The molecule has 1 heterocycles. The molecule has 2 rings (SSSR count). The maximum atomic E-state index is 12.0. The van der Waals surface area contributed by atoms with Gasteiger partial charge in [0, 0.05) is 18.0 Å². The molecular formula is C13H13F3N2O. The number of nitrogens with zero attached hydrogens (tertiary/aromatic N) is 1. The van der Waals surface area contributed by atoms with Gasteiger partial charge in [0.1, 0.15) is 5.75 Å². The first-order valence-corrected chi connectivity index (χ1v) is 5.80. The fourth-order valence-electron chi connectivity index (χ4n) is 1.74. The van der Waals surface area contributed by atoms with Gasteiger partial charge in [-0.2, -0.15) is 13.2 Å². The molecule has 0 aliphatic heterocycles. The lowest BCUT2D eigenvalue weighted by Gasteiger charge is -2.11. The fraction of sp³-hybridized carbons (Fsp3) is 0.308. The lowest BCUT2D eigenvalue weighted by Crippen LogP contribution is -2.10. The van der Waals surface area contributed by atoms with Gasteiger partial charge in [-0.15, -0.1) is 0 Å². The third kappa shape index (κ3) is 3.49. The molecule has 0 bridgehead atoms. The van der Waals surface area contributed by atoms with Crippen molar-refractivity contribution in [1.82, 2.24) is 4.98 Å². The Labute approximate surface area is 108 Å². The molecule has 3 nitrogen and oxygen atoms in total. The average molecular weight is 270 g/mol. The number of anilines is 1. The van der Waals surface area contributed by atoms with Crippen molar-refractivity contribution in [1.29, 1.82) is 0 Å². The zero-order valence-corrected chi connectivity index (χ0v) is 10.1. The van der Waals surface area contributed by atoms with Gasteiger partial charge in [-0.05, 0) is 30.7 Å². The fourth-order valence-corrected chi connectivity index (χ4v) is 1.74. The lowest BCUT2D eigenvalue weighted by atomic mass is 10.1. The maximum absolute atomic E-state index is 12.0. The zero-order valence-electron chi connectivity index (χ0n) is 10.1. The van der Waals surface area contributed by atoms with E-state index in [0.717, 1.165) is 10.9 Å². The molecule has 1 aromatic heterocycles. The molecule has 0 saturated carbocycles. The van der Waals surface area contributed by atoms with Crippen molar-refractivity contribution < 1.29 is 17.9 Å². The molecule has 0 saturated heterocycles. The summed E-state index contributed by atoms with van der Waals surface area (Å²) in [6.45, 7) is -0.0184. The Morgan fingerprint density at radius 3 is 2.74 bits per heavy atom. The molecule has 0 fully saturated rings. The molecule has 6 heteroatoms. The number of nitrogens with two attached hydrogens (primary N) is 1. The topological polar surface area (TPSA) is 48.1 Å². The smallest absolute Gasteiger partial charge is 0.389 e. The SMILES string of the molecule is Nc1c(OCCCC(F)(F)F)ccc2ncccc12.